The smallest absolute Gasteiger partial charge is 0.191 e. The molecule has 8 heteroatoms. The topological polar surface area (TPSA) is 79.8 Å². The Bertz CT molecular complexity index is 706. The number of ether oxygens (including phenoxy) is 1. The van der Waals surface area contributed by atoms with E-state index in [-0.39, 0.29) is 35.8 Å². The second-order valence-corrected chi connectivity index (χ2v) is 9.41. The molecule has 0 aliphatic heterocycles. The Hall–Kier alpha value is -1.03. The number of nitrogens with zero attached hydrogens (tertiary/aromatic N) is 1. The Morgan fingerprint density at radius 1 is 1.22 bits per heavy atom. The van der Waals surface area contributed by atoms with Crippen LogP contribution in [-0.4, -0.2) is 46.1 Å². The first kappa shape index (κ1) is 26.0. The first-order chi connectivity index (χ1) is 12.1. The molecule has 0 radical (unpaired) electrons. The van der Waals surface area contributed by atoms with Gasteiger partial charge in [0.1, 0.15) is 15.6 Å². The lowest BCUT2D eigenvalue weighted by Crippen LogP contribution is -2.39. The number of benzene rings is 1. The quantitative estimate of drug-likeness (QED) is 0.303. The van der Waals surface area contributed by atoms with Crippen molar-refractivity contribution in [3.63, 3.8) is 0 Å². The summed E-state index contributed by atoms with van der Waals surface area (Å²) < 4.78 is 28.6. The molecule has 0 amide bonds. The largest absolute Gasteiger partial charge is 0.490 e. The Kier molecular flexibility index (Phi) is 12.0. The van der Waals surface area contributed by atoms with Crippen molar-refractivity contribution >= 4 is 39.8 Å². The summed E-state index contributed by atoms with van der Waals surface area (Å²) in [6.45, 7) is 9.37. The van der Waals surface area contributed by atoms with Crippen LogP contribution in [0.4, 0.5) is 0 Å². The van der Waals surface area contributed by atoms with Crippen molar-refractivity contribution in [2.24, 2.45) is 10.9 Å². The number of hydrogen-bond acceptors (Lipinski definition) is 4. The molecule has 0 saturated heterocycles. The highest BCUT2D eigenvalue weighted by Crippen LogP contribution is 2.23. The second-order valence-electron chi connectivity index (χ2n) is 7.15. The molecule has 0 bridgehead atoms. The van der Waals surface area contributed by atoms with Crippen molar-refractivity contribution in [3.8, 4) is 5.75 Å². The van der Waals surface area contributed by atoms with Crippen LogP contribution >= 0.6 is 24.0 Å². The van der Waals surface area contributed by atoms with Crippen molar-refractivity contribution in [3.05, 3.63) is 29.3 Å². The third kappa shape index (κ3) is 11.4. The SMILES string of the molecule is CN=C(NCCS(C)(=O)=O)NCc1ccc(C)cc1OC(C)CC(C)C.I. The fraction of sp³-hybridized carbons (Fsp3) is 0.632. The van der Waals surface area contributed by atoms with Gasteiger partial charge >= 0.3 is 0 Å². The summed E-state index contributed by atoms with van der Waals surface area (Å²) in [4.78, 5) is 4.13. The van der Waals surface area contributed by atoms with Gasteiger partial charge < -0.3 is 15.4 Å². The highest BCUT2D eigenvalue weighted by molar-refractivity contribution is 14.0. The minimum absolute atomic E-state index is 0. The minimum atomic E-state index is -3.00. The van der Waals surface area contributed by atoms with Crippen LogP contribution in [0.1, 0.15) is 38.3 Å². The van der Waals surface area contributed by atoms with E-state index in [2.05, 4.69) is 42.5 Å². The monoisotopic (exact) mass is 511 g/mol. The standard InChI is InChI=1S/C19H33N3O3S.HI/c1-14(2)11-16(4)25-18-12-15(3)7-8-17(18)13-22-19(20-5)21-9-10-26(6,23)24;/h7-8,12,14,16H,9-11,13H2,1-6H3,(H2,20,21,22);1H. The van der Waals surface area contributed by atoms with Crippen molar-refractivity contribution < 1.29 is 13.2 Å². The van der Waals surface area contributed by atoms with Gasteiger partial charge in [0.25, 0.3) is 0 Å². The number of nitrogens with one attached hydrogen (secondary N) is 2. The molecule has 156 valence electrons. The molecule has 0 heterocycles. The maximum atomic E-state index is 11.2. The molecule has 1 aromatic carbocycles. The molecule has 0 aromatic heterocycles. The number of hydrogen-bond donors (Lipinski definition) is 2. The molecule has 27 heavy (non-hydrogen) atoms. The van der Waals surface area contributed by atoms with Gasteiger partial charge in [-0.2, -0.15) is 0 Å². The fourth-order valence-electron chi connectivity index (χ4n) is 2.60. The Morgan fingerprint density at radius 2 is 1.89 bits per heavy atom. The van der Waals surface area contributed by atoms with E-state index < -0.39 is 9.84 Å². The number of sulfone groups is 1. The third-order valence-corrected chi connectivity index (χ3v) is 4.74. The normalized spacial score (nSPS) is 13.1. The summed E-state index contributed by atoms with van der Waals surface area (Å²) in [5, 5.41) is 6.22. The maximum Gasteiger partial charge on any atom is 0.191 e. The van der Waals surface area contributed by atoms with E-state index >= 15 is 0 Å². The number of aryl methyl sites for hydroxylation is 1. The molecule has 0 saturated carbocycles. The second kappa shape index (κ2) is 12.4. The minimum Gasteiger partial charge on any atom is -0.490 e. The van der Waals surface area contributed by atoms with Crippen LogP contribution in [0.3, 0.4) is 0 Å². The molecule has 1 aromatic rings. The van der Waals surface area contributed by atoms with Crippen LogP contribution in [-0.2, 0) is 16.4 Å². The molecule has 2 N–H and O–H groups in total. The molecule has 1 rings (SSSR count). The molecular formula is C19H34IN3O3S. The van der Waals surface area contributed by atoms with E-state index in [9.17, 15) is 8.42 Å². The molecule has 0 aliphatic rings. The predicted molar refractivity (Wildman–Crippen MR) is 124 cm³/mol. The van der Waals surface area contributed by atoms with Gasteiger partial charge in [-0.15, -0.1) is 24.0 Å². The van der Waals surface area contributed by atoms with Crippen molar-refractivity contribution in [2.75, 3.05) is 25.6 Å². The lowest BCUT2D eigenvalue weighted by atomic mass is 10.1. The summed E-state index contributed by atoms with van der Waals surface area (Å²) in [5.41, 5.74) is 2.19. The molecule has 1 unspecified atom stereocenters. The van der Waals surface area contributed by atoms with Crippen LogP contribution in [0, 0.1) is 12.8 Å². The average Bonchev–Trinajstić information content (AvgIpc) is 2.50. The summed E-state index contributed by atoms with van der Waals surface area (Å²) in [7, 11) is -1.34. The molecule has 0 aliphatic carbocycles. The van der Waals surface area contributed by atoms with E-state index in [1.807, 2.05) is 19.1 Å². The van der Waals surface area contributed by atoms with Crippen LogP contribution in [0.2, 0.25) is 0 Å². The number of halogens is 1. The molecular weight excluding hydrogens is 477 g/mol. The van der Waals surface area contributed by atoms with E-state index in [0.29, 0.717) is 25.0 Å². The van der Waals surface area contributed by atoms with Crippen LogP contribution in [0.25, 0.3) is 0 Å². The highest BCUT2D eigenvalue weighted by Gasteiger charge is 2.11. The van der Waals surface area contributed by atoms with Crippen LogP contribution in [0.5, 0.6) is 5.75 Å². The van der Waals surface area contributed by atoms with E-state index in [0.717, 1.165) is 23.3 Å². The van der Waals surface area contributed by atoms with E-state index in [1.54, 1.807) is 7.05 Å². The van der Waals surface area contributed by atoms with Crippen molar-refractivity contribution in [2.45, 2.75) is 46.8 Å². The lowest BCUT2D eigenvalue weighted by Gasteiger charge is -2.20. The van der Waals surface area contributed by atoms with Gasteiger partial charge in [0, 0.05) is 32.0 Å². The summed E-state index contributed by atoms with van der Waals surface area (Å²) in [6.07, 6.45) is 2.36. The number of guanidine groups is 1. The van der Waals surface area contributed by atoms with Gasteiger partial charge in [-0.05, 0) is 37.8 Å². The Labute approximate surface area is 181 Å². The lowest BCUT2D eigenvalue weighted by molar-refractivity contribution is 0.191. The van der Waals surface area contributed by atoms with Gasteiger partial charge in [-0.1, -0.05) is 26.0 Å². The van der Waals surface area contributed by atoms with Crippen molar-refractivity contribution in [1.29, 1.82) is 0 Å². The maximum absolute atomic E-state index is 11.2. The van der Waals surface area contributed by atoms with Gasteiger partial charge in [-0.25, -0.2) is 8.42 Å². The summed E-state index contributed by atoms with van der Waals surface area (Å²) in [6, 6.07) is 6.15. The van der Waals surface area contributed by atoms with Gasteiger partial charge in [-0.3, -0.25) is 4.99 Å². The summed E-state index contributed by atoms with van der Waals surface area (Å²) in [5.74, 6) is 2.08. The Morgan fingerprint density at radius 3 is 2.44 bits per heavy atom. The van der Waals surface area contributed by atoms with Crippen LogP contribution in [0.15, 0.2) is 23.2 Å². The van der Waals surface area contributed by atoms with Gasteiger partial charge in [0.2, 0.25) is 0 Å². The highest BCUT2D eigenvalue weighted by atomic mass is 127. The number of aliphatic imine (C=N–C) groups is 1. The molecule has 0 spiro atoms. The third-order valence-electron chi connectivity index (χ3n) is 3.79. The Balaban J connectivity index is 0.00000676. The zero-order valence-corrected chi connectivity index (χ0v) is 20.4. The first-order valence-corrected chi connectivity index (χ1v) is 11.0. The molecule has 0 fully saturated rings. The zero-order valence-electron chi connectivity index (χ0n) is 17.2. The van der Waals surface area contributed by atoms with E-state index in [1.165, 1.54) is 6.26 Å². The fourth-order valence-corrected chi connectivity index (χ4v) is 3.07. The van der Waals surface area contributed by atoms with Gasteiger partial charge in [0.05, 0.1) is 11.9 Å². The predicted octanol–water partition coefficient (Wildman–Crippen LogP) is 3.14. The molecule has 1 atom stereocenters. The molecule has 6 nitrogen and oxygen atoms in total. The first-order valence-electron chi connectivity index (χ1n) is 8.99. The average molecular weight is 511 g/mol. The van der Waals surface area contributed by atoms with E-state index in [4.69, 9.17) is 4.74 Å². The van der Waals surface area contributed by atoms with Crippen molar-refractivity contribution in [1.82, 2.24) is 10.6 Å². The number of rotatable bonds is 9. The summed E-state index contributed by atoms with van der Waals surface area (Å²) >= 11 is 0. The zero-order chi connectivity index (χ0) is 19.7. The van der Waals surface area contributed by atoms with Gasteiger partial charge in [0.15, 0.2) is 5.96 Å². The van der Waals surface area contributed by atoms with Crippen LogP contribution < -0.4 is 15.4 Å².